The van der Waals surface area contributed by atoms with Crippen LogP contribution in [0.5, 0.6) is 0 Å². The molecule has 5 N–H and O–H groups in total. The van der Waals surface area contributed by atoms with Crippen molar-refractivity contribution in [2.45, 2.75) is 121 Å². The SMILES string of the molecule is C[C@@H]1O[C@@H](O[C@H]2CC[C@@]3(C)[C@@H](CC[C@H]4[C@@H]3[C@H](O)C[C@]3(C)[C@@H](C5=CC(=O)OC5)CC[C@]43O)C2)[C@H](O)[C@H](O)[C@H]1O. The topological polar surface area (TPSA) is 146 Å². The van der Waals surface area contributed by atoms with E-state index in [9.17, 15) is 30.3 Å². The number of hydrogen-bond acceptors (Lipinski definition) is 9. The third-order valence-electron chi connectivity index (χ3n) is 12.0. The third kappa shape index (κ3) is 3.80. The van der Waals surface area contributed by atoms with Crippen molar-refractivity contribution in [2.24, 2.45) is 34.5 Å². The number of carbonyl (C=O) groups excluding carboxylic acids is 1. The summed E-state index contributed by atoms with van der Waals surface area (Å²) < 4.78 is 17.1. The fourth-order valence-electron chi connectivity index (χ4n) is 9.91. The maximum absolute atomic E-state index is 12.4. The van der Waals surface area contributed by atoms with Gasteiger partial charge in [-0.05, 0) is 93.0 Å². The lowest BCUT2D eigenvalue weighted by atomic mass is 9.42. The molecule has 0 radical (unpaired) electrons. The molecular weight excluding hydrogens is 492 g/mol. The Bertz CT molecular complexity index is 985. The summed E-state index contributed by atoms with van der Waals surface area (Å²) in [6.07, 6.45) is 1.49. The average Bonchev–Trinajstić information content (AvgIpc) is 3.41. The highest BCUT2D eigenvalue weighted by molar-refractivity contribution is 5.85. The second-order valence-corrected chi connectivity index (χ2v) is 13.7. The van der Waals surface area contributed by atoms with Gasteiger partial charge in [-0.2, -0.15) is 0 Å². The van der Waals surface area contributed by atoms with Crippen LogP contribution in [0, 0.1) is 34.5 Å². The number of hydrogen-bond donors (Lipinski definition) is 5. The van der Waals surface area contributed by atoms with E-state index in [4.69, 9.17) is 14.2 Å². The van der Waals surface area contributed by atoms with Crippen LogP contribution < -0.4 is 0 Å². The highest BCUT2D eigenvalue weighted by Gasteiger charge is 2.70. The van der Waals surface area contributed by atoms with Crippen LogP contribution in [0.3, 0.4) is 0 Å². The molecule has 4 saturated carbocycles. The van der Waals surface area contributed by atoms with Crippen molar-refractivity contribution >= 4 is 5.97 Å². The highest BCUT2D eigenvalue weighted by atomic mass is 16.7. The van der Waals surface area contributed by atoms with Crippen LogP contribution in [0.2, 0.25) is 0 Å². The van der Waals surface area contributed by atoms with Gasteiger partial charge < -0.3 is 39.7 Å². The van der Waals surface area contributed by atoms with Crippen LogP contribution in [0.1, 0.15) is 72.1 Å². The Balaban J connectivity index is 1.19. The molecule has 0 unspecified atom stereocenters. The van der Waals surface area contributed by atoms with Crippen molar-refractivity contribution in [3.63, 3.8) is 0 Å². The van der Waals surface area contributed by atoms with Gasteiger partial charge in [0, 0.05) is 11.5 Å². The number of aliphatic hydroxyl groups is 5. The highest BCUT2D eigenvalue weighted by Crippen LogP contribution is 2.70. The monoisotopic (exact) mass is 536 g/mol. The van der Waals surface area contributed by atoms with Gasteiger partial charge in [0.1, 0.15) is 24.9 Å². The molecule has 2 heterocycles. The van der Waals surface area contributed by atoms with E-state index in [0.717, 1.165) is 44.1 Å². The lowest BCUT2D eigenvalue weighted by Crippen LogP contribution is -2.66. The van der Waals surface area contributed by atoms with E-state index in [1.54, 1.807) is 13.0 Å². The minimum Gasteiger partial charge on any atom is -0.458 e. The maximum Gasteiger partial charge on any atom is 0.331 e. The Hall–Kier alpha value is -1.07. The molecule has 0 aromatic heterocycles. The summed E-state index contributed by atoms with van der Waals surface area (Å²) >= 11 is 0. The van der Waals surface area contributed by atoms with E-state index in [0.29, 0.717) is 18.8 Å². The minimum atomic E-state index is -1.32. The van der Waals surface area contributed by atoms with Gasteiger partial charge in [0.2, 0.25) is 0 Å². The number of rotatable bonds is 3. The number of cyclic esters (lactones) is 1. The number of carbonyl (C=O) groups is 1. The fourth-order valence-corrected chi connectivity index (χ4v) is 9.91. The van der Waals surface area contributed by atoms with Gasteiger partial charge in [0.15, 0.2) is 6.29 Å². The molecule has 0 bridgehead atoms. The minimum absolute atomic E-state index is 0.0143. The van der Waals surface area contributed by atoms with Crippen LogP contribution in [-0.2, 0) is 19.0 Å². The second kappa shape index (κ2) is 9.23. The Morgan fingerprint density at radius 2 is 1.76 bits per heavy atom. The smallest absolute Gasteiger partial charge is 0.331 e. The standard InChI is InChI=1S/C29H44O9/c1-14-23(32)24(33)25(34)26(37-14)38-17-6-8-27(2)16(11-17)4-5-19-22(27)20(30)12-28(3)18(7-9-29(19,28)35)15-10-21(31)36-13-15/h10,14,16-20,22-26,30,32-35H,4-9,11-13H2,1-3H3/t14-,16-,17-,18+,19-,20+,22+,23-,24+,25+,26-,27-,28+,29-/m0/s1. The van der Waals surface area contributed by atoms with E-state index < -0.39 is 47.8 Å². The Labute approximate surface area is 224 Å². The first-order valence-corrected chi connectivity index (χ1v) is 14.5. The van der Waals surface area contributed by atoms with Gasteiger partial charge in [-0.15, -0.1) is 0 Å². The van der Waals surface area contributed by atoms with E-state index >= 15 is 0 Å². The molecule has 6 aliphatic rings. The predicted octanol–water partition coefficient (Wildman–Crippen LogP) is 1.43. The van der Waals surface area contributed by atoms with Crippen LogP contribution in [-0.4, -0.2) is 86.6 Å². The molecule has 2 aliphatic heterocycles. The summed E-state index contributed by atoms with van der Waals surface area (Å²) in [5.41, 5.74) is -0.607. The van der Waals surface area contributed by atoms with Crippen LogP contribution in [0.25, 0.3) is 0 Å². The lowest BCUT2D eigenvalue weighted by molar-refractivity contribution is -0.311. The van der Waals surface area contributed by atoms with Crippen LogP contribution in [0.15, 0.2) is 11.6 Å². The summed E-state index contributed by atoms with van der Waals surface area (Å²) in [6, 6.07) is 0. The van der Waals surface area contributed by atoms with E-state index in [2.05, 4.69) is 13.8 Å². The van der Waals surface area contributed by atoms with Gasteiger partial charge in [-0.3, -0.25) is 0 Å². The van der Waals surface area contributed by atoms with Gasteiger partial charge in [0.25, 0.3) is 0 Å². The molecule has 9 nitrogen and oxygen atoms in total. The molecule has 38 heavy (non-hydrogen) atoms. The summed E-state index contributed by atoms with van der Waals surface area (Å²) in [4.78, 5) is 11.8. The lowest BCUT2D eigenvalue weighted by Gasteiger charge is -2.65. The number of ether oxygens (including phenoxy) is 3. The molecule has 1 saturated heterocycles. The molecule has 4 aliphatic carbocycles. The number of esters is 1. The summed E-state index contributed by atoms with van der Waals surface area (Å²) in [5, 5.41) is 54.7. The van der Waals surface area contributed by atoms with Gasteiger partial charge >= 0.3 is 5.97 Å². The van der Waals surface area contributed by atoms with Gasteiger partial charge in [-0.1, -0.05) is 13.8 Å². The molecule has 5 fully saturated rings. The first kappa shape index (κ1) is 27.1. The number of aliphatic hydroxyl groups excluding tert-OH is 4. The first-order chi connectivity index (χ1) is 17.9. The van der Waals surface area contributed by atoms with Crippen LogP contribution >= 0.6 is 0 Å². The van der Waals surface area contributed by atoms with E-state index in [1.807, 2.05) is 0 Å². The van der Waals surface area contributed by atoms with Crippen molar-refractivity contribution in [1.82, 2.24) is 0 Å². The maximum atomic E-state index is 12.4. The summed E-state index contributed by atoms with van der Waals surface area (Å²) in [5.74, 6) is -0.0314. The van der Waals surface area contributed by atoms with Crippen LogP contribution in [0.4, 0.5) is 0 Å². The predicted molar refractivity (Wildman–Crippen MR) is 134 cm³/mol. The fraction of sp³-hybridized carbons (Fsp3) is 0.897. The Kier molecular flexibility index (Phi) is 6.58. The first-order valence-electron chi connectivity index (χ1n) is 14.5. The largest absolute Gasteiger partial charge is 0.458 e. The van der Waals surface area contributed by atoms with Crippen molar-refractivity contribution < 1.29 is 44.5 Å². The van der Waals surface area contributed by atoms with Crippen molar-refractivity contribution in [1.29, 1.82) is 0 Å². The van der Waals surface area contributed by atoms with Crippen molar-refractivity contribution in [3.05, 3.63) is 11.6 Å². The summed E-state index contributed by atoms with van der Waals surface area (Å²) in [6.45, 7) is 6.32. The summed E-state index contributed by atoms with van der Waals surface area (Å²) in [7, 11) is 0. The van der Waals surface area contributed by atoms with Gasteiger partial charge in [-0.25, -0.2) is 4.79 Å². The molecule has 0 amide bonds. The molecule has 14 atom stereocenters. The van der Waals surface area contributed by atoms with E-state index in [-0.39, 0.29) is 41.8 Å². The zero-order valence-corrected chi connectivity index (χ0v) is 22.7. The Morgan fingerprint density at radius 1 is 1.00 bits per heavy atom. The van der Waals surface area contributed by atoms with Crippen molar-refractivity contribution in [2.75, 3.05) is 6.61 Å². The second-order valence-electron chi connectivity index (χ2n) is 13.7. The number of fused-ring (bicyclic) bond motifs is 5. The molecule has 9 heteroatoms. The zero-order chi connectivity index (χ0) is 27.2. The molecular formula is C29H44O9. The quantitative estimate of drug-likeness (QED) is 0.267. The molecule has 0 aromatic rings. The van der Waals surface area contributed by atoms with Gasteiger partial charge in [0.05, 0.1) is 23.9 Å². The van der Waals surface area contributed by atoms with E-state index in [1.165, 1.54) is 0 Å². The molecule has 6 rings (SSSR count). The molecule has 214 valence electrons. The van der Waals surface area contributed by atoms with Crippen molar-refractivity contribution in [3.8, 4) is 0 Å². The normalized spacial score (nSPS) is 56.5. The third-order valence-corrected chi connectivity index (χ3v) is 12.0. The Morgan fingerprint density at radius 3 is 2.47 bits per heavy atom. The molecule has 0 aromatic carbocycles. The zero-order valence-electron chi connectivity index (χ0n) is 22.7. The molecule has 0 spiro atoms. The average molecular weight is 537 g/mol.